The maximum absolute atomic E-state index is 12.0. The van der Waals surface area contributed by atoms with Gasteiger partial charge in [-0.3, -0.25) is 0 Å². The molecule has 23 heavy (non-hydrogen) atoms. The van der Waals surface area contributed by atoms with E-state index in [2.05, 4.69) is 0 Å². The number of carbonyl (C=O) groups excluding carboxylic acids is 1. The van der Waals surface area contributed by atoms with Crippen LogP contribution in [0.1, 0.15) is 52.9 Å². The zero-order valence-corrected chi connectivity index (χ0v) is 15.0. The summed E-state index contributed by atoms with van der Waals surface area (Å²) in [5, 5.41) is 0. The van der Waals surface area contributed by atoms with Crippen LogP contribution in [0, 0.1) is 0 Å². The molecule has 0 saturated carbocycles. The van der Waals surface area contributed by atoms with Crippen molar-refractivity contribution >= 4 is 6.09 Å². The summed E-state index contributed by atoms with van der Waals surface area (Å²) in [5.74, 6) is 0. The second-order valence-electron chi connectivity index (χ2n) is 7.00. The molecule has 0 aliphatic carbocycles. The second kappa shape index (κ2) is 10.8. The van der Waals surface area contributed by atoms with Gasteiger partial charge in [-0.2, -0.15) is 0 Å². The first-order chi connectivity index (χ1) is 10.9. The first-order valence-electron chi connectivity index (χ1n) is 8.79. The van der Waals surface area contributed by atoms with Crippen molar-refractivity contribution in [1.82, 2.24) is 4.90 Å². The van der Waals surface area contributed by atoms with Crippen LogP contribution < -0.4 is 5.73 Å². The fraction of sp³-hybridized carbons (Fsp3) is 0.941. The predicted octanol–water partition coefficient (Wildman–Crippen LogP) is 2.55. The van der Waals surface area contributed by atoms with E-state index in [9.17, 15) is 4.79 Å². The first-order valence-corrected chi connectivity index (χ1v) is 8.79. The summed E-state index contributed by atoms with van der Waals surface area (Å²) in [6, 6.07) is 0. The highest BCUT2D eigenvalue weighted by atomic mass is 16.6. The average Bonchev–Trinajstić information content (AvgIpc) is 2.49. The van der Waals surface area contributed by atoms with E-state index in [-0.39, 0.29) is 12.2 Å². The Hall–Kier alpha value is -0.850. The number of piperidine rings is 1. The number of amides is 1. The van der Waals surface area contributed by atoms with E-state index < -0.39 is 5.60 Å². The van der Waals surface area contributed by atoms with E-state index >= 15 is 0 Å². The summed E-state index contributed by atoms with van der Waals surface area (Å²) >= 11 is 0. The Morgan fingerprint density at radius 1 is 1.09 bits per heavy atom. The third-order valence-corrected chi connectivity index (χ3v) is 3.64. The number of nitrogens with zero attached hydrogens (tertiary/aromatic N) is 1. The van der Waals surface area contributed by atoms with Crippen LogP contribution in [0.2, 0.25) is 0 Å². The number of hydrogen-bond acceptors (Lipinski definition) is 5. The molecule has 1 rings (SSSR count). The van der Waals surface area contributed by atoms with Crippen LogP contribution in [0.4, 0.5) is 4.79 Å². The molecule has 136 valence electrons. The number of rotatable bonds is 9. The standard InChI is InChI=1S/C17H34N2O4/c1-17(2,3)23-16(20)19-10-7-15(8-11-19)22-13-6-4-5-12-21-14-9-18/h15H,4-14,18H2,1-3H3. The molecule has 0 aromatic rings. The van der Waals surface area contributed by atoms with Crippen LogP contribution in [-0.2, 0) is 14.2 Å². The van der Waals surface area contributed by atoms with Crippen molar-refractivity contribution < 1.29 is 19.0 Å². The Labute approximate surface area is 140 Å². The molecular weight excluding hydrogens is 296 g/mol. The molecule has 0 bridgehead atoms. The van der Waals surface area contributed by atoms with Crippen LogP contribution in [-0.4, -0.2) is 62.2 Å². The molecular formula is C17H34N2O4. The van der Waals surface area contributed by atoms with Crippen molar-refractivity contribution in [3.8, 4) is 0 Å². The van der Waals surface area contributed by atoms with Crippen molar-refractivity contribution in [2.24, 2.45) is 5.73 Å². The molecule has 0 radical (unpaired) electrons. The maximum atomic E-state index is 12.0. The van der Waals surface area contributed by atoms with Crippen molar-refractivity contribution in [3.05, 3.63) is 0 Å². The minimum atomic E-state index is -0.432. The van der Waals surface area contributed by atoms with Gasteiger partial charge in [0, 0.05) is 32.8 Å². The monoisotopic (exact) mass is 330 g/mol. The van der Waals surface area contributed by atoms with Gasteiger partial charge in [0.15, 0.2) is 0 Å². The van der Waals surface area contributed by atoms with Gasteiger partial charge in [-0.1, -0.05) is 0 Å². The van der Waals surface area contributed by atoms with Crippen LogP contribution in [0.3, 0.4) is 0 Å². The lowest BCUT2D eigenvalue weighted by molar-refractivity contribution is -0.0123. The number of nitrogens with two attached hydrogens (primary N) is 1. The lowest BCUT2D eigenvalue weighted by atomic mass is 10.1. The van der Waals surface area contributed by atoms with Crippen LogP contribution in [0.15, 0.2) is 0 Å². The first kappa shape index (κ1) is 20.2. The second-order valence-corrected chi connectivity index (χ2v) is 7.00. The molecule has 2 N–H and O–H groups in total. The smallest absolute Gasteiger partial charge is 0.410 e. The Kier molecular flexibility index (Phi) is 9.52. The van der Waals surface area contributed by atoms with Crippen molar-refractivity contribution in [2.75, 3.05) is 39.5 Å². The van der Waals surface area contributed by atoms with Crippen molar-refractivity contribution in [2.45, 2.75) is 64.6 Å². The molecule has 0 unspecified atom stereocenters. The van der Waals surface area contributed by atoms with E-state index in [0.717, 1.165) is 45.3 Å². The van der Waals surface area contributed by atoms with Crippen LogP contribution >= 0.6 is 0 Å². The van der Waals surface area contributed by atoms with Crippen LogP contribution in [0.5, 0.6) is 0 Å². The van der Waals surface area contributed by atoms with Gasteiger partial charge in [-0.05, 0) is 52.9 Å². The summed E-state index contributed by atoms with van der Waals surface area (Å²) in [4.78, 5) is 13.7. The van der Waals surface area contributed by atoms with E-state index in [1.807, 2.05) is 20.8 Å². The zero-order chi connectivity index (χ0) is 17.1. The lowest BCUT2D eigenvalue weighted by Gasteiger charge is -2.33. The van der Waals surface area contributed by atoms with E-state index in [1.54, 1.807) is 4.90 Å². The van der Waals surface area contributed by atoms with Gasteiger partial charge in [-0.15, -0.1) is 0 Å². The molecule has 1 saturated heterocycles. The topological polar surface area (TPSA) is 74.0 Å². The highest BCUT2D eigenvalue weighted by Gasteiger charge is 2.26. The normalized spacial score (nSPS) is 16.6. The SMILES string of the molecule is CC(C)(C)OC(=O)N1CCC(OCCCCCOCCN)CC1. The molecule has 1 fully saturated rings. The third kappa shape index (κ3) is 9.79. The third-order valence-electron chi connectivity index (χ3n) is 3.64. The van der Waals surface area contributed by atoms with Crippen LogP contribution in [0.25, 0.3) is 0 Å². The van der Waals surface area contributed by atoms with E-state index in [4.69, 9.17) is 19.9 Å². The fourth-order valence-corrected chi connectivity index (χ4v) is 2.45. The van der Waals surface area contributed by atoms with Gasteiger partial charge >= 0.3 is 6.09 Å². The molecule has 0 aromatic carbocycles. The molecule has 1 aliphatic heterocycles. The summed E-state index contributed by atoms with van der Waals surface area (Å²) in [6.07, 6.45) is 5.05. The van der Waals surface area contributed by atoms with Crippen molar-refractivity contribution in [1.29, 1.82) is 0 Å². The summed E-state index contributed by atoms with van der Waals surface area (Å²) in [6.45, 7) is 9.90. The van der Waals surface area contributed by atoms with Gasteiger partial charge < -0.3 is 24.8 Å². The Balaban J connectivity index is 2.03. The Bertz CT molecular complexity index is 323. The maximum Gasteiger partial charge on any atom is 0.410 e. The zero-order valence-electron chi connectivity index (χ0n) is 15.0. The van der Waals surface area contributed by atoms with Gasteiger partial charge in [0.1, 0.15) is 5.60 Å². The number of ether oxygens (including phenoxy) is 3. The molecule has 1 aliphatic rings. The van der Waals surface area contributed by atoms with Gasteiger partial charge in [0.2, 0.25) is 0 Å². The highest BCUT2D eigenvalue weighted by Crippen LogP contribution is 2.17. The van der Waals surface area contributed by atoms with Gasteiger partial charge in [-0.25, -0.2) is 4.79 Å². The largest absolute Gasteiger partial charge is 0.444 e. The molecule has 1 amide bonds. The minimum Gasteiger partial charge on any atom is -0.444 e. The van der Waals surface area contributed by atoms with Crippen molar-refractivity contribution in [3.63, 3.8) is 0 Å². The molecule has 6 heteroatoms. The number of likely N-dealkylation sites (tertiary alicyclic amines) is 1. The molecule has 6 nitrogen and oxygen atoms in total. The lowest BCUT2D eigenvalue weighted by Crippen LogP contribution is -2.43. The van der Waals surface area contributed by atoms with E-state index in [0.29, 0.717) is 26.2 Å². The summed E-state index contributed by atoms with van der Waals surface area (Å²) in [7, 11) is 0. The van der Waals surface area contributed by atoms with Gasteiger partial charge in [0.25, 0.3) is 0 Å². The highest BCUT2D eigenvalue weighted by molar-refractivity contribution is 5.68. The summed E-state index contributed by atoms with van der Waals surface area (Å²) in [5.41, 5.74) is 4.92. The molecule has 0 aromatic heterocycles. The number of hydrogen-bond donors (Lipinski definition) is 1. The summed E-state index contributed by atoms with van der Waals surface area (Å²) < 4.78 is 16.6. The van der Waals surface area contributed by atoms with Gasteiger partial charge in [0.05, 0.1) is 12.7 Å². The van der Waals surface area contributed by atoms with E-state index in [1.165, 1.54) is 0 Å². The number of carbonyl (C=O) groups is 1. The predicted molar refractivity (Wildman–Crippen MR) is 90.5 cm³/mol. The molecule has 0 spiro atoms. The quantitative estimate of drug-likeness (QED) is 0.658. The Morgan fingerprint density at radius 2 is 1.74 bits per heavy atom. The fourth-order valence-electron chi connectivity index (χ4n) is 2.45. The minimum absolute atomic E-state index is 0.214. The average molecular weight is 330 g/mol. The number of unbranched alkanes of at least 4 members (excludes halogenated alkanes) is 2. The Morgan fingerprint density at radius 3 is 2.35 bits per heavy atom. The molecule has 1 heterocycles. The molecule has 0 atom stereocenters.